The zero-order valence-corrected chi connectivity index (χ0v) is 14.1. The third-order valence-corrected chi connectivity index (χ3v) is 5.66. The Kier molecular flexibility index (Phi) is 7.34. The van der Waals surface area contributed by atoms with Gasteiger partial charge in [0.2, 0.25) is 0 Å². The van der Waals surface area contributed by atoms with Crippen molar-refractivity contribution in [2.45, 2.75) is 16.2 Å². The highest BCUT2D eigenvalue weighted by atomic mass is 32.2. The van der Waals surface area contributed by atoms with Gasteiger partial charge in [0.15, 0.2) is 5.78 Å². The Bertz CT molecular complexity index is 537. The molecule has 2 aromatic carbocycles. The monoisotopic (exact) mass is 328 g/mol. The second-order valence-corrected chi connectivity index (χ2v) is 7.18. The van der Waals surface area contributed by atoms with Gasteiger partial charge >= 0.3 is 0 Å². The molecule has 0 radical (unpaired) electrons. The molecule has 0 unspecified atom stereocenters. The Labute approximate surface area is 141 Å². The number of benzene rings is 2. The van der Waals surface area contributed by atoms with Gasteiger partial charge in [-0.05, 0) is 36.3 Å². The van der Waals surface area contributed by atoms with Crippen molar-refractivity contribution >= 4 is 29.3 Å². The van der Waals surface area contributed by atoms with E-state index in [0.717, 1.165) is 11.5 Å². The van der Waals surface area contributed by atoms with Crippen LogP contribution in [0.3, 0.4) is 0 Å². The summed E-state index contributed by atoms with van der Waals surface area (Å²) in [4.78, 5) is 14.2. The third kappa shape index (κ3) is 6.12. The van der Waals surface area contributed by atoms with Crippen LogP contribution >= 0.6 is 23.5 Å². The molecule has 114 valence electrons. The van der Waals surface area contributed by atoms with E-state index in [1.807, 2.05) is 59.9 Å². The lowest BCUT2D eigenvalue weighted by Crippen LogP contribution is -2.12. The van der Waals surface area contributed by atoms with Crippen molar-refractivity contribution in [3.8, 4) is 0 Å². The summed E-state index contributed by atoms with van der Waals surface area (Å²) in [6.07, 6.45) is 2.01. The van der Waals surface area contributed by atoms with Crippen LogP contribution in [0.2, 0.25) is 0 Å². The minimum atomic E-state index is 0.132. The first-order chi connectivity index (χ1) is 10.8. The highest BCUT2D eigenvalue weighted by Gasteiger charge is 2.13. The van der Waals surface area contributed by atoms with Gasteiger partial charge in [-0.15, -0.1) is 23.5 Å². The number of carbonyl (C=O) groups is 1. The van der Waals surface area contributed by atoms with Gasteiger partial charge in [-0.3, -0.25) is 4.79 Å². The van der Waals surface area contributed by atoms with E-state index in [0.29, 0.717) is 12.3 Å². The summed E-state index contributed by atoms with van der Waals surface area (Å²) in [6, 6.07) is 20.7. The van der Waals surface area contributed by atoms with Gasteiger partial charge in [0, 0.05) is 27.7 Å². The predicted octanol–water partition coefficient (Wildman–Crippen LogP) is 5.33. The Balaban J connectivity index is 1.90. The number of hydrogen-bond donors (Lipinski definition) is 0. The van der Waals surface area contributed by atoms with Gasteiger partial charge in [0.25, 0.3) is 0 Å². The summed E-state index contributed by atoms with van der Waals surface area (Å²) < 4.78 is 0. The summed E-state index contributed by atoms with van der Waals surface area (Å²) in [5.41, 5.74) is 0. The lowest BCUT2D eigenvalue weighted by atomic mass is 10.1. The quantitative estimate of drug-likeness (QED) is 0.457. The molecule has 0 fully saturated rings. The molecule has 0 aliphatic carbocycles. The molecule has 0 aromatic heterocycles. The molecule has 0 heterocycles. The van der Waals surface area contributed by atoms with Crippen molar-refractivity contribution in [1.82, 2.24) is 0 Å². The predicted molar refractivity (Wildman–Crippen MR) is 97.6 cm³/mol. The molecule has 2 rings (SSSR count). The molecular formula is C19H20OS2. The third-order valence-electron chi connectivity index (χ3n) is 3.18. The van der Waals surface area contributed by atoms with Gasteiger partial charge in [-0.1, -0.05) is 43.0 Å². The van der Waals surface area contributed by atoms with Crippen molar-refractivity contribution in [3.63, 3.8) is 0 Å². The van der Waals surface area contributed by atoms with E-state index >= 15 is 0 Å². The largest absolute Gasteiger partial charge is 0.295 e. The smallest absolute Gasteiger partial charge is 0.155 e. The normalized spacial score (nSPS) is 10.6. The van der Waals surface area contributed by atoms with Crippen LogP contribution in [0.4, 0.5) is 0 Å². The number of carbonyl (C=O) groups excluding carboxylic acids is 1. The van der Waals surface area contributed by atoms with Crippen LogP contribution in [0.1, 0.15) is 6.42 Å². The molecule has 1 nitrogen and oxygen atoms in total. The average molecular weight is 329 g/mol. The first-order valence-electron chi connectivity index (χ1n) is 7.29. The molecule has 0 aliphatic heterocycles. The summed E-state index contributed by atoms with van der Waals surface area (Å²) >= 11 is 3.63. The molecular weight excluding hydrogens is 308 g/mol. The summed E-state index contributed by atoms with van der Waals surface area (Å²) in [7, 11) is 0. The minimum Gasteiger partial charge on any atom is -0.295 e. The fraction of sp³-hybridized carbons (Fsp3) is 0.211. The van der Waals surface area contributed by atoms with Crippen LogP contribution < -0.4 is 0 Å². The lowest BCUT2D eigenvalue weighted by molar-refractivity contribution is -0.115. The SMILES string of the molecule is C=CC(=O)CC(CSc1ccccc1)CSc1ccccc1. The van der Waals surface area contributed by atoms with Gasteiger partial charge in [-0.25, -0.2) is 0 Å². The zero-order valence-electron chi connectivity index (χ0n) is 12.5. The number of hydrogen-bond acceptors (Lipinski definition) is 3. The molecule has 2 aromatic rings. The van der Waals surface area contributed by atoms with E-state index in [4.69, 9.17) is 0 Å². The van der Waals surface area contributed by atoms with Crippen LogP contribution in [-0.4, -0.2) is 17.3 Å². The van der Waals surface area contributed by atoms with Crippen LogP contribution in [0.5, 0.6) is 0 Å². The van der Waals surface area contributed by atoms with Gasteiger partial charge in [0.1, 0.15) is 0 Å². The Hall–Kier alpha value is -1.45. The maximum atomic E-state index is 11.7. The summed E-state index contributed by atoms with van der Waals surface area (Å²) in [6.45, 7) is 3.59. The highest BCUT2D eigenvalue weighted by molar-refractivity contribution is 8.00. The van der Waals surface area contributed by atoms with E-state index in [1.54, 1.807) is 0 Å². The molecule has 22 heavy (non-hydrogen) atoms. The lowest BCUT2D eigenvalue weighted by Gasteiger charge is -2.15. The average Bonchev–Trinajstić information content (AvgIpc) is 2.59. The maximum Gasteiger partial charge on any atom is 0.155 e. The highest BCUT2D eigenvalue weighted by Crippen LogP contribution is 2.27. The topological polar surface area (TPSA) is 17.1 Å². The second kappa shape index (κ2) is 9.54. The number of ketones is 1. The molecule has 0 bridgehead atoms. The van der Waals surface area contributed by atoms with Gasteiger partial charge in [-0.2, -0.15) is 0 Å². The maximum absolute atomic E-state index is 11.7. The van der Waals surface area contributed by atoms with Crippen molar-refractivity contribution in [1.29, 1.82) is 0 Å². The molecule has 0 atom stereocenters. The Morgan fingerprint density at radius 2 is 1.36 bits per heavy atom. The molecule has 0 spiro atoms. The number of rotatable bonds is 9. The fourth-order valence-electron chi connectivity index (χ4n) is 2.00. The zero-order chi connectivity index (χ0) is 15.6. The van der Waals surface area contributed by atoms with Crippen molar-refractivity contribution in [3.05, 3.63) is 73.3 Å². The van der Waals surface area contributed by atoms with Crippen LogP contribution in [0.15, 0.2) is 83.1 Å². The molecule has 0 amide bonds. The Morgan fingerprint density at radius 3 is 1.77 bits per heavy atom. The molecule has 3 heteroatoms. The van der Waals surface area contributed by atoms with E-state index in [2.05, 4.69) is 30.8 Å². The standard InChI is InChI=1S/C19H20OS2/c1-2-17(20)13-16(14-21-18-9-5-3-6-10-18)15-22-19-11-7-4-8-12-19/h2-12,16H,1,13-15H2. The second-order valence-electron chi connectivity index (χ2n) is 4.99. The van der Waals surface area contributed by atoms with Crippen LogP contribution in [-0.2, 0) is 4.79 Å². The van der Waals surface area contributed by atoms with E-state index in [-0.39, 0.29) is 5.78 Å². The van der Waals surface area contributed by atoms with E-state index in [9.17, 15) is 4.79 Å². The first-order valence-corrected chi connectivity index (χ1v) is 9.26. The Morgan fingerprint density at radius 1 is 0.909 bits per heavy atom. The summed E-state index contributed by atoms with van der Waals surface area (Å²) in [5, 5.41) is 0. The van der Waals surface area contributed by atoms with Crippen LogP contribution in [0.25, 0.3) is 0 Å². The first kappa shape index (κ1) is 16.9. The number of allylic oxidation sites excluding steroid dienone is 1. The minimum absolute atomic E-state index is 0.132. The van der Waals surface area contributed by atoms with Crippen molar-refractivity contribution in [2.75, 3.05) is 11.5 Å². The summed E-state index contributed by atoms with van der Waals surface area (Å²) in [5.74, 6) is 2.38. The van der Waals surface area contributed by atoms with Gasteiger partial charge in [0.05, 0.1) is 0 Å². The van der Waals surface area contributed by atoms with Crippen LogP contribution in [0, 0.1) is 5.92 Å². The molecule has 0 aliphatic rings. The van der Waals surface area contributed by atoms with E-state index < -0.39 is 0 Å². The van der Waals surface area contributed by atoms with Crippen molar-refractivity contribution < 1.29 is 4.79 Å². The fourth-order valence-corrected chi connectivity index (χ4v) is 4.17. The number of thioether (sulfide) groups is 2. The molecule has 0 N–H and O–H groups in total. The van der Waals surface area contributed by atoms with Crippen molar-refractivity contribution in [2.24, 2.45) is 5.92 Å². The van der Waals surface area contributed by atoms with E-state index in [1.165, 1.54) is 15.9 Å². The molecule has 0 saturated carbocycles. The molecule has 0 saturated heterocycles. The van der Waals surface area contributed by atoms with Gasteiger partial charge < -0.3 is 0 Å².